The molecule has 0 aromatic heterocycles. The molecular weight excluding hydrogens is 600 g/mol. The third-order valence-corrected chi connectivity index (χ3v) is 14.1. The first-order chi connectivity index (χ1) is 22.9. The van der Waals surface area contributed by atoms with E-state index in [1.54, 1.807) is 6.08 Å². The molecule has 9 unspecified atom stereocenters. The fourth-order valence-corrected chi connectivity index (χ4v) is 11.7. The van der Waals surface area contributed by atoms with Gasteiger partial charge in [-0.1, -0.05) is 95.4 Å². The molecule has 0 saturated heterocycles. The highest BCUT2D eigenvalue weighted by Crippen LogP contribution is 2.74. The van der Waals surface area contributed by atoms with Crippen LogP contribution in [-0.4, -0.2) is 46.6 Å². The van der Waals surface area contributed by atoms with Crippen LogP contribution in [0.25, 0.3) is 0 Å². The minimum absolute atomic E-state index is 0.0656. The van der Waals surface area contributed by atoms with Gasteiger partial charge in [0.1, 0.15) is 12.7 Å². The van der Waals surface area contributed by atoms with E-state index in [0.29, 0.717) is 37.5 Å². The largest absolute Gasteiger partial charge is 0.462 e. The van der Waals surface area contributed by atoms with Crippen molar-refractivity contribution in [3.05, 3.63) is 59.7 Å². The van der Waals surface area contributed by atoms with Gasteiger partial charge in [0, 0.05) is 29.7 Å². The predicted octanol–water partition coefficient (Wildman–Crippen LogP) is 8.29. The van der Waals surface area contributed by atoms with Crippen LogP contribution in [-0.2, 0) is 25.5 Å². The smallest absolute Gasteiger partial charge is 0.331 e. The van der Waals surface area contributed by atoms with E-state index in [2.05, 4.69) is 63.3 Å². The zero-order chi connectivity index (χ0) is 34.2. The first-order valence-electron chi connectivity index (χ1n) is 19.1. The summed E-state index contributed by atoms with van der Waals surface area (Å²) in [5, 5.41) is 26.3. The van der Waals surface area contributed by atoms with Crippen molar-refractivity contribution in [2.45, 2.75) is 142 Å². The molecule has 5 aliphatic rings. The zero-order valence-electron chi connectivity index (χ0n) is 29.9. The molecule has 3 fully saturated rings. The van der Waals surface area contributed by atoms with Crippen LogP contribution in [0.5, 0.6) is 0 Å². The topological polar surface area (TPSA) is 93.1 Å². The summed E-state index contributed by atoms with van der Waals surface area (Å²) in [5.74, 6) is 0.108. The number of aliphatic hydroxyl groups is 2. The Hall–Kier alpha value is -2.44. The lowest BCUT2D eigenvalue weighted by atomic mass is 9.32. The molecule has 3 saturated carbocycles. The van der Waals surface area contributed by atoms with Crippen molar-refractivity contribution in [2.24, 2.45) is 39.9 Å². The quantitative estimate of drug-likeness (QED) is 0.173. The summed E-state index contributed by atoms with van der Waals surface area (Å²) < 4.78 is 11.6. The molecule has 2 N–H and O–H groups in total. The molecule has 6 nitrogen and oxygen atoms in total. The molecule has 2 bridgehead atoms. The van der Waals surface area contributed by atoms with Crippen LogP contribution in [0.4, 0.5) is 0 Å². The molecule has 1 spiro atoms. The van der Waals surface area contributed by atoms with E-state index < -0.39 is 22.5 Å². The molecule has 1 aromatic carbocycles. The molecule has 48 heavy (non-hydrogen) atoms. The normalized spacial score (nSPS) is 38.5. The van der Waals surface area contributed by atoms with Crippen molar-refractivity contribution in [1.29, 1.82) is 0 Å². The highest BCUT2D eigenvalue weighted by molar-refractivity contribution is 5.85. The van der Waals surface area contributed by atoms with Gasteiger partial charge in [-0.2, -0.15) is 0 Å². The summed E-state index contributed by atoms with van der Waals surface area (Å²) >= 11 is 0. The van der Waals surface area contributed by atoms with E-state index in [1.165, 1.54) is 31.7 Å². The molecule has 4 aliphatic carbocycles. The Kier molecular flexibility index (Phi) is 10.4. The van der Waals surface area contributed by atoms with Crippen molar-refractivity contribution < 1.29 is 29.3 Å². The van der Waals surface area contributed by atoms with Gasteiger partial charge >= 0.3 is 11.9 Å². The summed E-state index contributed by atoms with van der Waals surface area (Å²) in [6, 6.07) is 10.7. The second-order valence-electron chi connectivity index (χ2n) is 16.9. The summed E-state index contributed by atoms with van der Waals surface area (Å²) in [7, 11) is 0. The Bertz CT molecular complexity index is 1360. The van der Waals surface area contributed by atoms with E-state index >= 15 is 0 Å². The fourth-order valence-electron chi connectivity index (χ4n) is 11.7. The number of aryl methyl sites for hydroxylation is 1. The number of hydrogen-bond donors (Lipinski definition) is 2. The molecule has 0 radical (unpaired) electrons. The maximum Gasteiger partial charge on any atom is 0.331 e. The molecule has 6 rings (SSSR count). The van der Waals surface area contributed by atoms with Gasteiger partial charge in [-0.15, -0.1) is 0 Å². The Labute approximate surface area is 288 Å². The summed E-state index contributed by atoms with van der Waals surface area (Å²) in [5.41, 5.74) is -0.783. The number of carbonyl (C=O) groups excluding carboxylic acids is 2. The summed E-state index contributed by atoms with van der Waals surface area (Å²) in [6.45, 7) is 8.65. The van der Waals surface area contributed by atoms with E-state index in [0.717, 1.165) is 56.9 Å². The van der Waals surface area contributed by atoms with Gasteiger partial charge in [0.05, 0.1) is 11.7 Å². The molecule has 6 heteroatoms. The van der Waals surface area contributed by atoms with Gasteiger partial charge in [0.25, 0.3) is 0 Å². The minimum atomic E-state index is -1.26. The number of hydrogen-bond acceptors (Lipinski definition) is 6. The van der Waals surface area contributed by atoms with Gasteiger partial charge < -0.3 is 19.7 Å². The van der Waals surface area contributed by atoms with Gasteiger partial charge in [-0.05, 0) is 98.5 Å². The molecule has 1 heterocycles. The van der Waals surface area contributed by atoms with Crippen molar-refractivity contribution in [1.82, 2.24) is 0 Å². The van der Waals surface area contributed by atoms with Gasteiger partial charge in [0.2, 0.25) is 0 Å². The standard InChI is InChI=1S/C42H60O6/c1-29(12-11-15-31-13-7-5-8-14-31)18-19-34-21-23-39(3)27-35(48-30(2)43)38-40(4,33-16-9-6-10-17-33)24-22-36(44)42(34,38)41(39,46)25-20-32-26-37(45)47-28-32/h5,7-8,13-14,21,23,26,29,33-36,38,44,46H,6,9-12,15-20,22,24-25,27-28H2,1-4H3. The summed E-state index contributed by atoms with van der Waals surface area (Å²) in [4.78, 5) is 24.9. The molecule has 1 aromatic rings. The monoisotopic (exact) mass is 660 g/mol. The van der Waals surface area contributed by atoms with Gasteiger partial charge in [-0.3, -0.25) is 4.79 Å². The molecular formula is C42H60O6. The fraction of sp³-hybridized carbons (Fsp3) is 0.714. The van der Waals surface area contributed by atoms with Gasteiger partial charge in [0.15, 0.2) is 0 Å². The maximum atomic E-state index is 13.7. The lowest BCUT2D eigenvalue weighted by molar-refractivity contribution is -0.332. The van der Waals surface area contributed by atoms with Crippen LogP contribution in [0.1, 0.15) is 123 Å². The summed E-state index contributed by atoms with van der Waals surface area (Å²) in [6.07, 6.45) is 19.2. The third kappa shape index (κ3) is 6.23. The Morgan fingerprint density at radius 3 is 2.50 bits per heavy atom. The molecule has 9 atom stereocenters. The highest BCUT2D eigenvalue weighted by Gasteiger charge is 2.77. The third-order valence-electron chi connectivity index (χ3n) is 14.1. The number of ether oxygens (including phenoxy) is 2. The van der Waals surface area contributed by atoms with Crippen molar-refractivity contribution in [2.75, 3.05) is 6.61 Å². The lowest BCUT2D eigenvalue weighted by Crippen LogP contribution is -2.79. The minimum Gasteiger partial charge on any atom is -0.462 e. The average molecular weight is 661 g/mol. The molecule has 1 aliphatic heterocycles. The number of rotatable bonds is 12. The number of cyclic esters (lactones) is 1. The number of allylic oxidation sites excluding steroid dienone is 1. The number of carbonyl (C=O) groups is 2. The first-order valence-corrected chi connectivity index (χ1v) is 19.1. The molecule has 0 amide bonds. The SMILES string of the molecule is CC(=O)OC1CC2(C)C=CC(CCC(C)CCCc3ccccc3)C3(C(O)CCC(C)(C4CCCCC4)C13)C2(O)CCC1=CC(=O)OC1. The Morgan fingerprint density at radius 2 is 1.81 bits per heavy atom. The number of fused-ring (bicyclic) bond motifs is 1. The number of esters is 2. The first kappa shape index (κ1) is 35.4. The van der Waals surface area contributed by atoms with Crippen LogP contribution >= 0.6 is 0 Å². The second kappa shape index (κ2) is 14.1. The van der Waals surface area contributed by atoms with E-state index in [9.17, 15) is 19.8 Å². The van der Waals surface area contributed by atoms with Crippen molar-refractivity contribution >= 4 is 11.9 Å². The number of benzene rings is 1. The van der Waals surface area contributed by atoms with Crippen LogP contribution in [0.2, 0.25) is 0 Å². The lowest BCUT2D eigenvalue weighted by Gasteiger charge is -2.74. The van der Waals surface area contributed by atoms with Crippen LogP contribution in [0, 0.1) is 39.9 Å². The number of aliphatic hydroxyl groups excluding tert-OH is 1. The van der Waals surface area contributed by atoms with Crippen LogP contribution in [0.15, 0.2) is 54.1 Å². The maximum absolute atomic E-state index is 13.7. The van der Waals surface area contributed by atoms with Crippen LogP contribution < -0.4 is 0 Å². The van der Waals surface area contributed by atoms with E-state index in [4.69, 9.17) is 9.47 Å². The van der Waals surface area contributed by atoms with Crippen molar-refractivity contribution in [3.63, 3.8) is 0 Å². The second-order valence-corrected chi connectivity index (χ2v) is 16.9. The zero-order valence-corrected chi connectivity index (χ0v) is 29.9. The van der Waals surface area contributed by atoms with Gasteiger partial charge in [-0.25, -0.2) is 4.79 Å². The Morgan fingerprint density at radius 1 is 1.06 bits per heavy atom. The van der Waals surface area contributed by atoms with Crippen LogP contribution in [0.3, 0.4) is 0 Å². The van der Waals surface area contributed by atoms with Crippen molar-refractivity contribution in [3.8, 4) is 0 Å². The average Bonchev–Trinajstić information content (AvgIpc) is 3.49. The van der Waals surface area contributed by atoms with E-state index in [-0.39, 0.29) is 41.9 Å². The Balaban J connectivity index is 1.38. The molecule has 264 valence electrons. The predicted molar refractivity (Wildman–Crippen MR) is 188 cm³/mol. The van der Waals surface area contributed by atoms with E-state index in [1.807, 2.05) is 0 Å². The highest BCUT2D eigenvalue weighted by atomic mass is 16.5.